The first-order valence-corrected chi connectivity index (χ1v) is 2.15. The van der Waals surface area contributed by atoms with Crippen molar-refractivity contribution in [3.8, 4) is 0 Å². The molecule has 5 heteroatoms. The number of rotatable bonds is 2. The summed E-state index contributed by atoms with van der Waals surface area (Å²) in [5, 5.41) is 2.03. The van der Waals surface area contributed by atoms with Crippen molar-refractivity contribution in [1.29, 1.82) is 0 Å². The third kappa shape index (κ3) is 4.60. The summed E-state index contributed by atoms with van der Waals surface area (Å²) >= 11 is 0. The lowest BCUT2D eigenvalue weighted by Crippen LogP contribution is -2.32. The van der Waals surface area contributed by atoms with Crippen LogP contribution in [0.3, 0.4) is 0 Å². The summed E-state index contributed by atoms with van der Waals surface area (Å²) in [6.45, 7) is -0.228. The number of amides is 2. The molecule has 0 unspecified atom stereocenters. The molecule has 3 N–H and O–H groups in total. The van der Waals surface area contributed by atoms with Gasteiger partial charge in [0.1, 0.15) is 7.11 Å². The van der Waals surface area contributed by atoms with Crippen LogP contribution in [0.15, 0.2) is 0 Å². The van der Waals surface area contributed by atoms with Gasteiger partial charge in [0.2, 0.25) is 5.91 Å². The van der Waals surface area contributed by atoms with E-state index < -0.39 is 12.0 Å². The Morgan fingerprint density at radius 1 is 1.67 bits per heavy atom. The van der Waals surface area contributed by atoms with Crippen LogP contribution in [-0.2, 0) is 9.53 Å². The molecular weight excluding hydrogens is 124 g/mol. The fraction of sp³-hybridized carbons (Fsp3) is 0.250. The van der Waals surface area contributed by atoms with Crippen molar-refractivity contribution < 1.29 is 14.3 Å². The smallest absolute Gasteiger partial charge is 0.407 e. The van der Waals surface area contributed by atoms with Gasteiger partial charge < -0.3 is 15.8 Å². The Bertz CT molecular complexity index is 123. The molecule has 0 saturated heterocycles. The van der Waals surface area contributed by atoms with Crippen LogP contribution in [-0.4, -0.2) is 18.5 Å². The lowest BCUT2D eigenvalue weighted by molar-refractivity contribution is -0.117. The molecule has 0 aliphatic heterocycles. The van der Waals surface area contributed by atoms with E-state index in [9.17, 15) is 9.59 Å². The highest BCUT2D eigenvalue weighted by Crippen LogP contribution is 1.69. The van der Waals surface area contributed by atoms with E-state index in [0.29, 0.717) is 0 Å². The number of hydrogen-bond acceptors (Lipinski definition) is 3. The molecular formula is C4H7N2O3. The maximum atomic E-state index is 10.1. The second-order valence-corrected chi connectivity index (χ2v) is 1.25. The molecule has 0 rings (SSSR count). The second kappa shape index (κ2) is 3.71. The van der Waals surface area contributed by atoms with Gasteiger partial charge in [-0.15, -0.1) is 0 Å². The van der Waals surface area contributed by atoms with Crippen LogP contribution in [0.25, 0.3) is 0 Å². The van der Waals surface area contributed by atoms with Crippen LogP contribution >= 0.6 is 0 Å². The van der Waals surface area contributed by atoms with E-state index in [0.717, 1.165) is 0 Å². The lowest BCUT2D eigenvalue weighted by atomic mass is 10.6. The van der Waals surface area contributed by atoms with Crippen LogP contribution in [0.2, 0.25) is 0 Å². The number of nitrogens with two attached hydrogens (primary N) is 1. The molecule has 0 saturated carbocycles. The van der Waals surface area contributed by atoms with Gasteiger partial charge in [0, 0.05) is 0 Å². The Balaban J connectivity index is 3.28. The number of carbonyl (C=O) groups excluding carboxylic acids is 2. The van der Waals surface area contributed by atoms with E-state index >= 15 is 0 Å². The summed E-state index contributed by atoms with van der Waals surface area (Å²) in [6, 6.07) is 0. The van der Waals surface area contributed by atoms with Crippen molar-refractivity contribution in [2.45, 2.75) is 0 Å². The van der Waals surface area contributed by atoms with Gasteiger partial charge in [-0.2, -0.15) is 0 Å². The molecule has 5 nitrogen and oxygen atoms in total. The van der Waals surface area contributed by atoms with Crippen molar-refractivity contribution in [3.63, 3.8) is 0 Å². The normalized spacial score (nSPS) is 8.11. The van der Waals surface area contributed by atoms with Crippen molar-refractivity contribution in [2.24, 2.45) is 5.73 Å². The minimum atomic E-state index is -0.770. The van der Waals surface area contributed by atoms with Crippen LogP contribution in [0.4, 0.5) is 4.79 Å². The summed E-state index contributed by atoms with van der Waals surface area (Å²) in [5.74, 6) is -0.625. The van der Waals surface area contributed by atoms with Gasteiger partial charge in [0.25, 0.3) is 0 Å². The monoisotopic (exact) mass is 131 g/mol. The molecule has 0 spiro atoms. The summed E-state index contributed by atoms with van der Waals surface area (Å²) in [4.78, 5) is 20.1. The van der Waals surface area contributed by atoms with Gasteiger partial charge in [-0.25, -0.2) is 4.79 Å². The molecule has 0 aromatic rings. The summed E-state index contributed by atoms with van der Waals surface area (Å²) in [7, 11) is 2.80. The Morgan fingerprint density at radius 2 is 2.22 bits per heavy atom. The average molecular weight is 131 g/mol. The Labute approximate surface area is 52.2 Å². The van der Waals surface area contributed by atoms with Crippen LogP contribution in [0.5, 0.6) is 0 Å². The van der Waals surface area contributed by atoms with E-state index in [4.69, 9.17) is 0 Å². The highest BCUT2D eigenvalue weighted by atomic mass is 16.5. The molecule has 0 fully saturated rings. The fourth-order valence-corrected chi connectivity index (χ4v) is 0.210. The fourth-order valence-electron chi connectivity index (χ4n) is 0.210. The number of hydrogen-bond donors (Lipinski definition) is 2. The van der Waals surface area contributed by atoms with E-state index in [1.54, 1.807) is 0 Å². The molecule has 0 aromatic heterocycles. The first-order valence-electron chi connectivity index (χ1n) is 2.15. The van der Waals surface area contributed by atoms with Crippen molar-refractivity contribution >= 4 is 12.0 Å². The average Bonchev–Trinajstić information content (AvgIpc) is 1.83. The van der Waals surface area contributed by atoms with E-state index in [1.165, 1.54) is 0 Å². The molecule has 1 radical (unpaired) electrons. The molecule has 0 aliphatic carbocycles. The zero-order valence-electron chi connectivity index (χ0n) is 4.72. The summed E-state index contributed by atoms with van der Waals surface area (Å²) < 4.78 is 3.89. The Morgan fingerprint density at radius 3 is 2.56 bits per heavy atom. The number of primary amides is 1. The first-order chi connectivity index (χ1) is 4.16. The SMILES string of the molecule is [CH2]OC(=O)NCC(N)=O. The molecule has 0 aliphatic rings. The molecule has 0 bridgehead atoms. The highest BCUT2D eigenvalue weighted by molar-refractivity contribution is 5.80. The molecule has 0 atom stereocenters. The molecule has 0 aromatic carbocycles. The zero-order valence-corrected chi connectivity index (χ0v) is 4.72. The second-order valence-electron chi connectivity index (χ2n) is 1.25. The molecule has 0 heterocycles. The van der Waals surface area contributed by atoms with Gasteiger partial charge in [-0.3, -0.25) is 4.79 Å². The molecule has 2 amide bonds. The van der Waals surface area contributed by atoms with Gasteiger partial charge in [-0.1, -0.05) is 0 Å². The number of alkyl carbamates (subject to hydrolysis) is 1. The Hall–Kier alpha value is -1.26. The zero-order chi connectivity index (χ0) is 7.28. The van der Waals surface area contributed by atoms with Gasteiger partial charge in [0.05, 0.1) is 6.54 Å². The molecule has 9 heavy (non-hydrogen) atoms. The number of ether oxygens (including phenoxy) is 1. The predicted octanol–water partition coefficient (Wildman–Crippen LogP) is -1.01. The standard InChI is InChI=1S/C4H7N2O3/c1-9-4(8)6-2-3(5)7/h1-2H2,(H2,5,7)(H,6,8). The van der Waals surface area contributed by atoms with E-state index in [1.807, 2.05) is 5.32 Å². The largest absolute Gasteiger partial charge is 0.446 e. The third-order valence-electron chi connectivity index (χ3n) is 0.538. The number of carbonyl (C=O) groups is 2. The van der Waals surface area contributed by atoms with Crippen molar-refractivity contribution in [1.82, 2.24) is 5.32 Å². The van der Waals surface area contributed by atoms with Crippen LogP contribution in [0, 0.1) is 7.11 Å². The maximum absolute atomic E-state index is 10.1. The first kappa shape index (κ1) is 7.74. The highest BCUT2D eigenvalue weighted by Gasteiger charge is 1.98. The van der Waals surface area contributed by atoms with Crippen molar-refractivity contribution in [2.75, 3.05) is 6.54 Å². The van der Waals surface area contributed by atoms with Gasteiger partial charge >= 0.3 is 6.09 Å². The van der Waals surface area contributed by atoms with Crippen molar-refractivity contribution in [3.05, 3.63) is 7.11 Å². The molecule has 51 valence electrons. The minimum absolute atomic E-state index is 0.228. The van der Waals surface area contributed by atoms with Crippen LogP contribution < -0.4 is 11.1 Å². The Kier molecular flexibility index (Phi) is 3.19. The number of nitrogens with one attached hydrogen (secondary N) is 1. The summed E-state index contributed by atoms with van der Waals surface area (Å²) in [6.07, 6.45) is -0.770. The third-order valence-corrected chi connectivity index (χ3v) is 0.538. The van der Waals surface area contributed by atoms with Gasteiger partial charge in [-0.05, 0) is 0 Å². The minimum Gasteiger partial charge on any atom is -0.446 e. The lowest BCUT2D eigenvalue weighted by Gasteiger charge is -1.97. The topological polar surface area (TPSA) is 81.4 Å². The van der Waals surface area contributed by atoms with E-state index in [-0.39, 0.29) is 6.54 Å². The van der Waals surface area contributed by atoms with Gasteiger partial charge in [0.15, 0.2) is 0 Å². The quantitative estimate of drug-likeness (QED) is 0.503. The van der Waals surface area contributed by atoms with Crippen LogP contribution in [0.1, 0.15) is 0 Å². The summed E-state index contributed by atoms with van der Waals surface area (Å²) in [5.41, 5.74) is 4.67. The maximum Gasteiger partial charge on any atom is 0.407 e. The van der Waals surface area contributed by atoms with E-state index in [2.05, 4.69) is 17.6 Å². The predicted molar refractivity (Wildman–Crippen MR) is 29.0 cm³/mol.